The highest BCUT2D eigenvalue weighted by Gasteiger charge is 2.34. The maximum absolute atomic E-state index is 10.9. The van der Waals surface area contributed by atoms with Crippen molar-refractivity contribution >= 4 is 5.97 Å². The molecule has 3 unspecified atom stereocenters. The monoisotopic (exact) mass is 266 g/mol. The van der Waals surface area contributed by atoms with Gasteiger partial charge in [0.25, 0.3) is 0 Å². The van der Waals surface area contributed by atoms with Crippen LogP contribution in [0.5, 0.6) is 0 Å². The smallest absolute Gasteiger partial charge is 0.306 e. The van der Waals surface area contributed by atoms with Crippen LogP contribution < -0.4 is 5.32 Å². The summed E-state index contributed by atoms with van der Waals surface area (Å²) in [5.41, 5.74) is 0. The van der Waals surface area contributed by atoms with Crippen molar-refractivity contribution in [2.75, 3.05) is 26.2 Å². The molecule has 1 aliphatic carbocycles. The number of nitrogens with one attached hydrogen (secondary N) is 1. The van der Waals surface area contributed by atoms with Gasteiger partial charge in [0, 0.05) is 12.6 Å². The van der Waals surface area contributed by atoms with Crippen molar-refractivity contribution in [3.63, 3.8) is 0 Å². The summed E-state index contributed by atoms with van der Waals surface area (Å²) in [6.07, 6.45) is 6.60. The van der Waals surface area contributed by atoms with Gasteiger partial charge >= 0.3 is 5.97 Å². The number of piperidine rings is 1. The number of nitrogens with zero attached hydrogens (tertiary/aromatic N) is 1. The molecule has 2 bridgehead atoms. The molecule has 1 saturated carbocycles. The number of hydrogen-bond donors (Lipinski definition) is 2. The lowest BCUT2D eigenvalue weighted by Gasteiger charge is -2.33. The van der Waals surface area contributed by atoms with E-state index >= 15 is 0 Å². The van der Waals surface area contributed by atoms with Gasteiger partial charge in [0.15, 0.2) is 0 Å². The van der Waals surface area contributed by atoms with Crippen molar-refractivity contribution in [3.05, 3.63) is 0 Å². The third kappa shape index (κ3) is 3.11. The van der Waals surface area contributed by atoms with Crippen LogP contribution >= 0.6 is 0 Å². The first kappa shape index (κ1) is 13.4. The predicted molar refractivity (Wildman–Crippen MR) is 74.0 cm³/mol. The molecule has 0 aromatic rings. The van der Waals surface area contributed by atoms with Crippen LogP contribution in [-0.2, 0) is 4.79 Å². The van der Waals surface area contributed by atoms with Gasteiger partial charge in [-0.25, -0.2) is 0 Å². The Labute approximate surface area is 115 Å². The average molecular weight is 266 g/mol. The van der Waals surface area contributed by atoms with E-state index in [1.165, 1.54) is 32.5 Å². The second-order valence-corrected chi connectivity index (χ2v) is 6.71. The topological polar surface area (TPSA) is 52.6 Å². The molecule has 3 aliphatic rings. The molecule has 2 saturated heterocycles. The predicted octanol–water partition coefficient (Wildman–Crippen LogP) is 1.56. The molecular weight excluding hydrogens is 240 g/mol. The average Bonchev–Trinajstić information content (AvgIpc) is 2.81. The lowest BCUT2D eigenvalue weighted by Crippen LogP contribution is -2.45. The fraction of sp³-hybridized carbons (Fsp3) is 0.933. The van der Waals surface area contributed by atoms with Crippen molar-refractivity contribution in [3.8, 4) is 0 Å². The standard InChI is InChI=1S/C15H26N2O2/c18-15(19)12-3-1-11(2-4-12)9-16-14-6-8-17-7-5-13(14)10-17/h11-14,16H,1-10H2,(H,18,19). The fourth-order valence-corrected chi connectivity index (χ4v) is 4.15. The Hall–Kier alpha value is -0.610. The van der Waals surface area contributed by atoms with Crippen molar-refractivity contribution in [1.82, 2.24) is 10.2 Å². The van der Waals surface area contributed by atoms with E-state index in [-0.39, 0.29) is 5.92 Å². The number of carbonyl (C=O) groups is 1. The first-order valence-corrected chi connectivity index (χ1v) is 7.91. The molecule has 0 radical (unpaired) electrons. The number of carboxylic acids is 1. The second kappa shape index (κ2) is 5.80. The summed E-state index contributed by atoms with van der Waals surface area (Å²) in [5, 5.41) is 12.8. The van der Waals surface area contributed by atoms with Gasteiger partial charge in [-0.3, -0.25) is 4.79 Å². The molecule has 3 fully saturated rings. The van der Waals surface area contributed by atoms with Crippen LogP contribution in [0.15, 0.2) is 0 Å². The van der Waals surface area contributed by atoms with Gasteiger partial charge in [-0.1, -0.05) is 0 Å². The number of aliphatic carboxylic acids is 1. The maximum atomic E-state index is 10.9. The van der Waals surface area contributed by atoms with E-state index in [1.807, 2.05) is 0 Å². The van der Waals surface area contributed by atoms with Crippen LogP contribution in [0.1, 0.15) is 38.5 Å². The first-order chi connectivity index (χ1) is 9.22. The summed E-state index contributed by atoms with van der Waals surface area (Å²) in [7, 11) is 0. The van der Waals surface area contributed by atoms with E-state index in [0.29, 0.717) is 5.92 Å². The minimum atomic E-state index is -0.593. The van der Waals surface area contributed by atoms with Gasteiger partial charge in [-0.05, 0) is 70.0 Å². The number of carboxylic acid groups (broad SMARTS) is 1. The molecule has 3 atom stereocenters. The molecular formula is C15H26N2O2. The summed E-state index contributed by atoms with van der Waals surface area (Å²) in [5.74, 6) is 0.901. The summed E-state index contributed by atoms with van der Waals surface area (Å²) < 4.78 is 0. The van der Waals surface area contributed by atoms with Gasteiger partial charge < -0.3 is 15.3 Å². The van der Waals surface area contributed by atoms with E-state index in [2.05, 4.69) is 10.2 Å². The van der Waals surface area contributed by atoms with Gasteiger partial charge in [-0.2, -0.15) is 0 Å². The Bertz CT molecular complexity index is 326. The molecule has 19 heavy (non-hydrogen) atoms. The number of fused-ring (bicyclic) bond motifs is 2. The van der Waals surface area contributed by atoms with E-state index < -0.39 is 5.97 Å². The third-order valence-electron chi connectivity index (χ3n) is 5.50. The molecule has 0 amide bonds. The molecule has 4 nitrogen and oxygen atoms in total. The summed E-state index contributed by atoms with van der Waals surface area (Å²) >= 11 is 0. The summed E-state index contributed by atoms with van der Waals surface area (Å²) in [6.45, 7) is 4.96. The Kier molecular flexibility index (Phi) is 4.08. The molecule has 0 aromatic heterocycles. The molecule has 3 rings (SSSR count). The van der Waals surface area contributed by atoms with Crippen LogP contribution in [0, 0.1) is 17.8 Å². The molecule has 0 aromatic carbocycles. The van der Waals surface area contributed by atoms with Gasteiger partial charge in [0.2, 0.25) is 0 Å². The summed E-state index contributed by atoms with van der Waals surface area (Å²) in [4.78, 5) is 13.5. The first-order valence-electron chi connectivity index (χ1n) is 7.91. The second-order valence-electron chi connectivity index (χ2n) is 6.71. The van der Waals surface area contributed by atoms with Gasteiger partial charge in [0.1, 0.15) is 0 Å². The SMILES string of the molecule is O=C(O)C1CCC(CNC2CCN3CCC2C3)CC1. The van der Waals surface area contributed by atoms with Crippen LogP contribution in [0.3, 0.4) is 0 Å². The van der Waals surface area contributed by atoms with Crippen LogP contribution in [0.25, 0.3) is 0 Å². The van der Waals surface area contributed by atoms with Crippen LogP contribution in [0.2, 0.25) is 0 Å². The molecule has 0 spiro atoms. The normalized spacial score (nSPS) is 42.2. The minimum Gasteiger partial charge on any atom is -0.481 e. The quantitative estimate of drug-likeness (QED) is 0.811. The van der Waals surface area contributed by atoms with E-state index in [9.17, 15) is 4.79 Å². The number of rotatable bonds is 4. The lowest BCUT2D eigenvalue weighted by molar-refractivity contribution is -0.143. The van der Waals surface area contributed by atoms with Crippen molar-refractivity contribution in [2.24, 2.45) is 17.8 Å². The van der Waals surface area contributed by atoms with Crippen molar-refractivity contribution in [2.45, 2.75) is 44.6 Å². The van der Waals surface area contributed by atoms with E-state index in [1.54, 1.807) is 0 Å². The lowest BCUT2D eigenvalue weighted by atomic mass is 9.81. The number of hydrogen-bond acceptors (Lipinski definition) is 3. The Morgan fingerprint density at radius 2 is 1.84 bits per heavy atom. The zero-order chi connectivity index (χ0) is 13.2. The highest BCUT2D eigenvalue weighted by molar-refractivity contribution is 5.69. The maximum Gasteiger partial charge on any atom is 0.306 e. The molecule has 2 aliphatic heterocycles. The fourth-order valence-electron chi connectivity index (χ4n) is 4.15. The Balaban J connectivity index is 1.40. The van der Waals surface area contributed by atoms with Crippen molar-refractivity contribution < 1.29 is 9.90 Å². The highest BCUT2D eigenvalue weighted by Crippen LogP contribution is 2.30. The molecule has 4 heteroatoms. The van der Waals surface area contributed by atoms with Gasteiger partial charge in [0.05, 0.1) is 5.92 Å². The minimum absolute atomic E-state index is 0.0747. The Morgan fingerprint density at radius 3 is 2.58 bits per heavy atom. The van der Waals surface area contributed by atoms with E-state index in [0.717, 1.165) is 44.2 Å². The third-order valence-corrected chi connectivity index (χ3v) is 5.50. The highest BCUT2D eigenvalue weighted by atomic mass is 16.4. The molecule has 2 heterocycles. The van der Waals surface area contributed by atoms with Crippen LogP contribution in [-0.4, -0.2) is 48.2 Å². The van der Waals surface area contributed by atoms with Crippen LogP contribution in [0.4, 0.5) is 0 Å². The zero-order valence-electron chi connectivity index (χ0n) is 11.7. The van der Waals surface area contributed by atoms with Crippen molar-refractivity contribution in [1.29, 1.82) is 0 Å². The molecule has 108 valence electrons. The largest absolute Gasteiger partial charge is 0.481 e. The molecule has 2 N–H and O–H groups in total. The van der Waals surface area contributed by atoms with Gasteiger partial charge in [-0.15, -0.1) is 0 Å². The Morgan fingerprint density at radius 1 is 1.11 bits per heavy atom. The van der Waals surface area contributed by atoms with E-state index in [4.69, 9.17) is 5.11 Å². The zero-order valence-corrected chi connectivity index (χ0v) is 11.7. The summed E-state index contributed by atoms with van der Waals surface area (Å²) in [6, 6.07) is 0.718.